The minimum Gasteiger partial charge on any atom is -0.496 e. The number of nitrogens with zero attached hydrogens (tertiary/aromatic N) is 4. The molecule has 3 heterocycles. The molecule has 2 aromatic heterocycles. The Kier molecular flexibility index (Phi) is 8.38. The highest BCUT2D eigenvalue weighted by molar-refractivity contribution is 7.15. The summed E-state index contributed by atoms with van der Waals surface area (Å²) >= 11 is 1.80. The lowest BCUT2D eigenvalue weighted by Crippen LogP contribution is -2.43. The Hall–Kier alpha value is -2.26. The van der Waals surface area contributed by atoms with Crippen LogP contribution in [0.4, 0.5) is 0 Å². The lowest BCUT2D eigenvalue weighted by molar-refractivity contribution is -0.0223. The average molecular weight is 541 g/mol. The molecule has 1 aliphatic rings. The summed E-state index contributed by atoms with van der Waals surface area (Å²) in [7, 11) is 1.77. The van der Waals surface area contributed by atoms with E-state index < -0.39 is 6.23 Å². The minimum atomic E-state index is -0.571. The van der Waals surface area contributed by atoms with Crippen LogP contribution in [0.15, 0.2) is 24.7 Å². The van der Waals surface area contributed by atoms with Gasteiger partial charge in [0.2, 0.25) is 0 Å². The van der Waals surface area contributed by atoms with E-state index in [4.69, 9.17) is 9.72 Å². The number of aromatic nitrogens is 3. The second-order valence-corrected chi connectivity index (χ2v) is 13.6. The molecule has 8 heteroatoms. The average Bonchev–Trinajstić information content (AvgIpc) is 3.49. The first-order valence-corrected chi connectivity index (χ1v) is 14.4. The molecule has 1 fully saturated rings. The second kappa shape index (κ2) is 11.1. The fourth-order valence-electron chi connectivity index (χ4n) is 5.29. The predicted molar refractivity (Wildman–Crippen MR) is 154 cm³/mol. The van der Waals surface area contributed by atoms with Gasteiger partial charge in [0.25, 0.3) is 0 Å². The van der Waals surface area contributed by atoms with Crippen molar-refractivity contribution < 1.29 is 14.9 Å². The molecule has 0 spiro atoms. The zero-order valence-electron chi connectivity index (χ0n) is 24.2. The number of imidazole rings is 1. The smallest absolute Gasteiger partial charge is 0.126 e. The molecule has 208 valence electrons. The van der Waals surface area contributed by atoms with E-state index in [2.05, 4.69) is 69.8 Å². The van der Waals surface area contributed by atoms with Crippen molar-refractivity contribution in [3.05, 3.63) is 52.0 Å². The number of aliphatic hydroxyl groups is 2. The van der Waals surface area contributed by atoms with E-state index in [1.54, 1.807) is 24.8 Å². The van der Waals surface area contributed by atoms with Crippen LogP contribution in [0.1, 0.15) is 87.7 Å². The lowest BCUT2D eigenvalue weighted by Gasteiger charge is -2.35. The van der Waals surface area contributed by atoms with Crippen LogP contribution in [0.5, 0.6) is 5.75 Å². The summed E-state index contributed by atoms with van der Waals surface area (Å²) < 4.78 is 7.86. The van der Waals surface area contributed by atoms with Crippen LogP contribution in [0.3, 0.4) is 0 Å². The number of ether oxygens (including phenoxy) is 1. The van der Waals surface area contributed by atoms with Gasteiger partial charge < -0.3 is 19.5 Å². The summed E-state index contributed by atoms with van der Waals surface area (Å²) in [5.74, 6) is 1.43. The third-order valence-corrected chi connectivity index (χ3v) is 8.95. The number of benzene rings is 1. The van der Waals surface area contributed by atoms with Gasteiger partial charge in [0.05, 0.1) is 32.3 Å². The Morgan fingerprint density at radius 2 is 1.66 bits per heavy atom. The SMILES string of the molecule is COc1c(C(C)(C)C)cc(-c2ncc(C3CCN(C(O)Cn4cnc(CO)c4C)CC3)s2)cc1C(C)(C)C. The molecule has 1 saturated heterocycles. The van der Waals surface area contributed by atoms with Gasteiger partial charge in [-0.15, -0.1) is 11.3 Å². The Balaban J connectivity index is 1.49. The summed E-state index contributed by atoms with van der Waals surface area (Å²) in [6.07, 6.45) is 5.17. The number of aliphatic hydroxyl groups excluding tert-OH is 2. The van der Waals surface area contributed by atoms with Crippen LogP contribution in [-0.4, -0.2) is 56.1 Å². The molecule has 38 heavy (non-hydrogen) atoms. The van der Waals surface area contributed by atoms with Gasteiger partial charge in [-0.05, 0) is 48.6 Å². The molecule has 0 radical (unpaired) electrons. The Bertz CT molecular complexity index is 1210. The maximum Gasteiger partial charge on any atom is 0.126 e. The van der Waals surface area contributed by atoms with Crippen molar-refractivity contribution in [1.29, 1.82) is 0 Å². The summed E-state index contributed by atoms with van der Waals surface area (Å²) in [5.41, 5.74) is 5.04. The molecule has 1 aromatic carbocycles. The molecule has 0 saturated carbocycles. The predicted octanol–water partition coefficient (Wildman–Crippen LogP) is 5.61. The van der Waals surface area contributed by atoms with Crippen molar-refractivity contribution in [2.75, 3.05) is 20.2 Å². The van der Waals surface area contributed by atoms with Crippen LogP contribution >= 0.6 is 11.3 Å². The third-order valence-electron chi connectivity index (χ3n) is 7.74. The molecule has 3 aromatic rings. The normalized spacial score (nSPS) is 16.7. The molecular weight excluding hydrogens is 496 g/mol. The van der Waals surface area contributed by atoms with Crippen LogP contribution in [-0.2, 0) is 24.0 Å². The van der Waals surface area contributed by atoms with E-state index >= 15 is 0 Å². The van der Waals surface area contributed by atoms with Gasteiger partial charge in [0.15, 0.2) is 0 Å². The lowest BCUT2D eigenvalue weighted by atomic mass is 9.78. The third kappa shape index (κ3) is 5.98. The highest BCUT2D eigenvalue weighted by Crippen LogP contribution is 2.44. The van der Waals surface area contributed by atoms with Crippen molar-refractivity contribution >= 4 is 11.3 Å². The highest BCUT2D eigenvalue weighted by Gasteiger charge is 2.30. The number of piperidine rings is 1. The molecule has 1 unspecified atom stereocenters. The molecule has 2 N–H and O–H groups in total. The number of methoxy groups -OCH3 is 1. The number of hydrogen-bond acceptors (Lipinski definition) is 7. The van der Waals surface area contributed by atoms with E-state index in [-0.39, 0.29) is 17.4 Å². The molecule has 0 bridgehead atoms. The molecule has 0 aliphatic carbocycles. The van der Waals surface area contributed by atoms with Gasteiger partial charge in [-0.25, -0.2) is 9.97 Å². The molecule has 1 aliphatic heterocycles. The van der Waals surface area contributed by atoms with E-state index in [0.29, 0.717) is 18.2 Å². The van der Waals surface area contributed by atoms with Gasteiger partial charge in [-0.1, -0.05) is 41.5 Å². The van der Waals surface area contributed by atoms with Crippen molar-refractivity contribution in [2.45, 2.75) is 97.4 Å². The molecule has 7 nitrogen and oxygen atoms in total. The van der Waals surface area contributed by atoms with Gasteiger partial charge >= 0.3 is 0 Å². The standard InChI is InChI=1S/C30H44N4O3S/c1-19-24(17-35)32-18-34(19)16-26(36)33-11-9-20(10-12-33)25-15-31-28(38-25)21-13-22(29(2,3)4)27(37-8)23(14-21)30(5,6)7/h13-15,18,20,26,35-36H,9-12,16-17H2,1-8H3. The summed E-state index contributed by atoms with van der Waals surface area (Å²) in [6.45, 7) is 17.4. The molecule has 4 rings (SSSR count). The quantitative estimate of drug-likeness (QED) is 0.405. The fraction of sp³-hybridized carbons (Fsp3) is 0.600. The number of rotatable bonds is 7. The zero-order chi connectivity index (χ0) is 27.8. The second-order valence-electron chi connectivity index (χ2n) is 12.6. The topological polar surface area (TPSA) is 83.6 Å². The summed E-state index contributed by atoms with van der Waals surface area (Å²) in [6, 6.07) is 4.52. The van der Waals surface area contributed by atoms with Gasteiger partial charge in [-0.3, -0.25) is 4.90 Å². The van der Waals surface area contributed by atoms with Gasteiger partial charge in [0.1, 0.15) is 17.0 Å². The maximum atomic E-state index is 10.9. The van der Waals surface area contributed by atoms with Crippen molar-refractivity contribution in [3.63, 3.8) is 0 Å². The van der Waals surface area contributed by atoms with Crippen LogP contribution in [0.2, 0.25) is 0 Å². The maximum absolute atomic E-state index is 10.9. The molecule has 0 amide bonds. The number of likely N-dealkylation sites (tertiary alicyclic amines) is 1. The Morgan fingerprint density at radius 1 is 1.05 bits per heavy atom. The monoisotopic (exact) mass is 540 g/mol. The van der Waals surface area contributed by atoms with Crippen molar-refractivity contribution in [3.8, 4) is 16.3 Å². The Labute approximate surface area is 231 Å². The van der Waals surface area contributed by atoms with Gasteiger partial charge in [0, 0.05) is 46.5 Å². The zero-order valence-corrected chi connectivity index (χ0v) is 25.0. The summed E-state index contributed by atoms with van der Waals surface area (Å²) in [5, 5.41) is 21.3. The van der Waals surface area contributed by atoms with E-state index in [9.17, 15) is 10.2 Å². The first-order chi connectivity index (χ1) is 17.8. The first kappa shape index (κ1) is 28.7. The van der Waals surface area contributed by atoms with Crippen LogP contribution in [0.25, 0.3) is 10.6 Å². The van der Waals surface area contributed by atoms with Crippen LogP contribution < -0.4 is 4.74 Å². The number of thiazole rings is 1. The van der Waals surface area contributed by atoms with E-state index in [1.807, 2.05) is 11.5 Å². The first-order valence-electron chi connectivity index (χ1n) is 13.6. The highest BCUT2D eigenvalue weighted by atomic mass is 32.1. The van der Waals surface area contributed by atoms with Gasteiger partial charge in [-0.2, -0.15) is 0 Å². The van der Waals surface area contributed by atoms with Crippen molar-refractivity contribution in [1.82, 2.24) is 19.4 Å². The molecule has 1 atom stereocenters. The number of hydrogen-bond donors (Lipinski definition) is 2. The van der Waals surface area contributed by atoms with E-state index in [0.717, 1.165) is 47.9 Å². The fourth-order valence-corrected chi connectivity index (χ4v) is 6.37. The van der Waals surface area contributed by atoms with Crippen molar-refractivity contribution in [2.24, 2.45) is 0 Å². The van der Waals surface area contributed by atoms with E-state index in [1.165, 1.54) is 16.0 Å². The van der Waals surface area contributed by atoms with Crippen LogP contribution in [0, 0.1) is 6.92 Å². The molecular formula is C30H44N4O3S. The largest absolute Gasteiger partial charge is 0.496 e. The summed E-state index contributed by atoms with van der Waals surface area (Å²) in [4.78, 5) is 12.6. The minimum absolute atomic E-state index is 0.0516. The Morgan fingerprint density at radius 3 is 2.16 bits per heavy atom.